The third-order valence-corrected chi connectivity index (χ3v) is 5.15. The van der Waals surface area contributed by atoms with Gasteiger partial charge >= 0.3 is 6.03 Å². The Morgan fingerprint density at radius 1 is 1.46 bits per heavy atom. The number of hydrogen-bond donors (Lipinski definition) is 1. The fourth-order valence-electron chi connectivity index (χ4n) is 3.13. The van der Waals surface area contributed by atoms with Gasteiger partial charge in [-0.05, 0) is 43.9 Å². The summed E-state index contributed by atoms with van der Waals surface area (Å²) < 4.78 is 5.32. The quantitative estimate of drug-likeness (QED) is 0.914. The third-order valence-electron chi connectivity index (χ3n) is 4.33. The maximum absolute atomic E-state index is 12.7. The monoisotopic (exact) mass is 345 g/mol. The lowest BCUT2D eigenvalue weighted by molar-refractivity contribution is 0.151. The SMILES string of the molecule is COc1cccc([C@H]2CCCCN2C(=O)NCc2csc(C)n2)c1. The first-order valence-corrected chi connectivity index (χ1v) is 9.15. The van der Waals surface area contributed by atoms with Crippen molar-refractivity contribution >= 4 is 17.4 Å². The molecule has 2 heterocycles. The maximum Gasteiger partial charge on any atom is 0.318 e. The van der Waals surface area contributed by atoms with Crippen molar-refractivity contribution in [3.05, 3.63) is 45.9 Å². The molecule has 3 rings (SSSR count). The van der Waals surface area contributed by atoms with Crippen LogP contribution in [-0.2, 0) is 6.54 Å². The smallest absolute Gasteiger partial charge is 0.318 e. The Morgan fingerprint density at radius 3 is 3.08 bits per heavy atom. The largest absolute Gasteiger partial charge is 0.497 e. The van der Waals surface area contributed by atoms with E-state index in [0.29, 0.717) is 6.54 Å². The molecule has 0 unspecified atom stereocenters. The first-order chi connectivity index (χ1) is 11.7. The number of ether oxygens (including phenoxy) is 1. The van der Waals surface area contributed by atoms with Gasteiger partial charge in [0.2, 0.25) is 0 Å². The van der Waals surface area contributed by atoms with Crippen LogP contribution in [0.15, 0.2) is 29.6 Å². The van der Waals surface area contributed by atoms with E-state index in [0.717, 1.165) is 47.8 Å². The highest BCUT2D eigenvalue weighted by Gasteiger charge is 2.28. The molecule has 2 aromatic rings. The van der Waals surface area contributed by atoms with Crippen molar-refractivity contribution in [3.63, 3.8) is 0 Å². The molecule has 1 aromatic heterocycles. The molecule has 1 aromatic carbocycles. The first-order valence-electron chi connectivity index (χ1n) is 8.27. The Labute approximate surface area is 146 Å². The van der Waals surface area contributed by atoms with Gasteiger partial charge in [-0.3, -0.25) is 0 Å². The number of hydrogen-bond acceptors (Lipinski definition) is 4. The Kier molecular flexibility index (Phi) is 5.35. The zero-order chi connectivity index (χ0) is 16.9. The van der Waals surface area contributed by atoms with Gasteiger partial charge in [-0.2, -0.15) is 0 Å². The molecular weight excluding hydrogens is 322 g/mol. The van der Waals surface area contributed by atoms with Gasteiger partial charge in [0.05, 0.1) is 30.4 Å². The highest BCUT2D eigenvalue weighted by Crippen LogP contribution is 2.32. The molecule has 1 fully saturated rings. The van der Waals surface area contributed by atoms with Crippen molar-refractivity contribution in [1.29, 1.82) is 0 Å². The van der Waals surface area contributed by atoms with E-state index in [1.165, 1.54) is 0 Å². The van der Waals surface area contributed by atoms with Gasteiger partial charge in [-0.15, -0.1) is 11.3 Å². The fraction of sp³-hybridized carbons (Fsp3) is 0.444. The molecular formula is C18H23N3O2S. The van der Waals surface area contributed by atoms with E-state index in [1.54, 1.807) is 18.4 Å². The van der Waals surface area contributed by atoms with Crippen LogP contribution in [0.3, 0.4) is 0 Å². The minimum Gasteiger partial charge on any atom is -0.497 e. The third kappa shape index (κ3) is 3.87. The Bertz CT molecular complexity index is 701. The van der Waals surface area contributed by atoms with E-state index in [1.807, 2.05) is 35.4 Å². The number of nitrogens with zero attached hydrogens (tertiary/aromatic N) is 2. The second kappa shape index (κ2) is 7.66. The molecule has 0 aliphatic carbocycles. The lowest BCUT2D eigenvalue weighted by Gasteiger charge is -2.36. The molecule has 1 saturated heterocycles. The average Bonchev–Trinajstić information content (AvgIpc) is 3.05. The van der Waals surface area contributed by atoms with Crippen molar-refractivity contribution in [2.24, 2.45) is 0 Å². The summed E-state index contributed by atoms with van der Waals surface area (Å²) in [7, 11) is 1.67. The summed E-state index contributed by atoms with van der Waals surface area (Å²) in [6.45, 7) is 3.23. The number of aryl methyl sites for hydroxylation is 1. The lowest BCUT2D eigenvalue weighted by atomic mass is 9.95. The van der Waals surface area contributed by atoms with Crippen LogP contribution in [0.2, 0.25) is 0 Å². The van der Waals surface area contributed by atoms with E-state index in [-0.39, 0.29) is 12.1 Å². The number of rotatable bonds is 4. The normalized spacial score (nSPS) is 17.6. The second-order valence-corrected chi connectivity index (χ2v) is 7.06. The highest BCUT2D eigenvalue weighted by molar-refractivity contribution is 7.09. The number of aromatic nitrogens is 1. The van der Waals surface area contributed by atoms with E-state index < -0.39 is 0 Å². The molecule has 6 heteroatoms. The number of thiazole rings is 1. The highest BCUT2D eigenvalue weighted by atomic mass is 32.1. The van der Waals surface area contributed by atoms with Crippen molar-refractivity contribution in [3.8, 4) is 5.75 Å². The number of amides is 2. The predicted octanol–water partition coefficient (Wildman–Crippen LogP) is 3.90. The molecule has 0 saturated carbocycles. The molecule has 1 N–H and O–H groups in total. The maximum atomic E-state index is 12.7. The fourth-order valence-corrected chi connectivity index (χ4v) is 3.74. The van der Waals surface area contributed by atoms with Crippen LogP contribution in [0.1, 0.15) is 41.6 Å². The standard InChI is InChI=1S/C18H23N3O2S/c1-13-20-15(12-24-13)11-19-18(22)21-9-4-3-8-17(21)14-6-5-7-16(10-14)23-2/h5-7,10,12,17H,3-4,8-9,11H2,1-2H3,(H,19,22)/t17-/m1/s1. The zero-order valence-corrected chi connectivity index (χ0v) is 14.9. The Balaban J connectivity index is 1.70. The van der Waals surface area contributed by atoms with E-state index in [2.05, 4.69) is 16.4 Å². The van der Waals surface area contributed by atoms with Crippen molar-refractivity contribution in [2.45, 2.75) is 38.8 Å². The van der Waals surface area contributed by atoms with Crippen LogP contribution in [0.25, 0.3) is 0 Å². The summed E-state index contributed by atoms with van der Waals surface area (Å²) in [6.07, 6.45) is 3.16. The molecule has 2 amide bonds. The summed E-state index contributed by atoms with van der Waals surface area (Å²) in [5, 5.41) is 6.02. The molecule has 0 radical (unpaired) electrons. The molecule has 24 heavy (non-hydrogen) atoms. The van der Waals surface area contributed by atoms with Gasteiger partial charge in [0.15, 0.2) is 0 Å². The Hall–Kier alpha value is -2.08. The minimum atomic E-state index is -0.0202. The number of piperidine rings is 1. The zero-order valence-electron chi connectivity index (χ0n) is 14.1. The summed E-state index contributed by atoms with van der Waals surface area (Å²) >= 11 is 1.60. The topological polar surface area (TPSA) is 54.5 Å². The molecule has 0 spiro atoms. The van der Waals surface area contributed by atoms with Crippen LogP contribution in [0, 0.1) is 6.92 Å². The average molecular weight is 345 g/mol. The van der Waals surface area contributed by atoms with Gasteiger partial charge in [0, 0.05) is 11.9 Å². The van der Waals surface area contributed by atoms with Crippen LogP contribution in [0.4, 0.5) is 4.79 Å². The van der Waals surface area contributed by atoms with Gasteiger partial charge in [0.25, 0.3) is 0 Å². The van der Waals surface area contributed by atoms with Gasteiger partial charge in [0.1, 0.15) is 5.75 Å². The Morgan fingerprint density at radius 2 is 2.33 bits per heavy atom. The van der Waals surface area contributed by atoms with Gasteiger partial charge in [-0.1, -0.05) is 12.1 Å². The number of methoxy groups -OCH3 is 1. The van der Waals surface area contributed by atoms with Crippen LogP contribution in [0.5, 0.6) is 5.75 Å². The first kappa shape index (κ1) is 16.8. The van der Waals surface area contributed by atoms with Gasteiger partial charge < -0.3 is 15.0 Å². The molecule has 5 nitrogen and oxygen atoms in total. The van der Waals surface area contributed by atoms with Crippen LogP contribution >= 0.6 is 11.3 Å². The number of carbonyl (C=O) groups is 1. The van der Waals surface area contributed by atoms with E-state index >= 15 is 0 Å². The van der Waals surface area contributed by atoms with Crippen LogP contribution in [-0.4, -0.2) is 29.6 Å². The number of benzene rings is 1. The van der Waals surface area contributed by atoms with Crippen molar-refractivity contribution in [2.75, 3.05) is 13.7 Å². The molecule has 128 valence electrons. The predicted molar refractivity (Wildman–Crippen MR) is 95.4 cm³/mol. The number of carbonyl (C=O) groups excluding carboxylic acids is 1. The summed E-state index contributed by atoms with van der Waals surface area (Å²) in [6, 6.07) is 8.10. The van der Waals surface area contributed by atoms with Gasteiger partial charge in [-0.25, -0.2) is 9.78 Å². The second-order valence-electron chi connectivity index (χ2n) is 6.00. The summed E-state index contributed by atoms with van der Waals surface area (Å²) in [5.41, 5.74) is 2.05. The molecule has 1 atom stereocenters. The molecule has 1 aliphatic rings. The summed E-state index contributed by atoms with van der Waals surface area (Å²) in [5.74, 6) is 0.830. The van der Waals surface area contributed by atoms with Crippen molar-refractivity contribution < 1.29 is 9.53 Å². The minimum absolute atomic E-state index is 0.0202. The number of likely N-dealkylation sites (tertiary alicyclic amines) is 1. The van der Waals surface area contributed by atoms with E-state index in [4.69, 9.17) is 4.74 Å². The number of urea groups is 1. The van der Waals surface area contributed by atoms with Crippen LogP contribution < -0.4 is 10.1 Å². The molecule has 1 aliphatic heterocycles. The molecule has 0 bridgehead atoms. The lowest BCUT2D eigenvalue weighted by Crippen LogP contribution is -2.44. The van der Waals surface area contributed by atoms with E-state index in [9.17, 15) is 4.79 Å². The summed E-state index contributed by atoms with van der Waals surface area (Å²) in [4.78, 5) is 19.0. The van der Waals surface area contributed by atoms with Crippen molar-refractivity contribution in [1.82, 2.24) is 15.2 Å². The number of nitrogens with one attached hydrogen (secondary N) is 1.